The van der Waals surface area contributed by atoms with E-state index >= 15 is 0 Å². The Balaban J connectivity index is 2.17. The van der Waals surface area contributed by atoms with Crippen molar-refractivity contribution >= 4 is 23.0 Å². The van der Waals surface area contributed by atoms with E-state index < -0.39 is 23.7 Å². The van der Waals surface area contributed by atoms with Crippen LogP contribution in [0.4, 0.5) is 4.79 Å². The molecule has 1 heterocycles. The fourth-order valence-electron chi connectivity index (χ4n) is 2.33. The van der Waals surface area contributed by atoms with Crippen LogP contribution in [-0.4, -0.2) is 35.8 Å². The molecule has 124 valence electrons. The number of carbonyl (C=O) groups is 2. The zero-order valence-electron chi connectivity index (χ0n) is 13.8. The number of aromatic amines is 1. The summed E-state index contributed by atoms with van der Waals surface area (Å²) < 4.78 is 10.0. The first kappa shape index (κ1) is 16.9. The van der Waals surface area contributed by atoms with Crippen LogP contribution < -0.4 is 5.32 Å². The van der Waals surface area contributed by atoms with Gasteiger partial charge in [0, 0.05) is 23.5 Å². The second-order valence-corrected chi connectivity index (χ2v) is 6.28. The Hall–Kier alpha value is -2.50. The molecule has 0 aliphatic rings. The van der Waals surface area contributed by atoms with Crippen LogP contribution in [0.3, 0.4) is 0 Å². The maximum Gasteiger partial charge on any atom is 0.408 e. The van der Waals surface area contributed by atoms with Gasteiger partial charge in [0.15, 0.2) is 0 Å². The quantitative estimate of drug-likeness (QED) is 0.850. The van der Waals surface area contributed by atoms with Gasteiger partial charge in [-0.15, -0.1) is 0 Å². The summed E-state index contributed by atoms with van der Waals surface area (Å²) in [5.41, 5.74) is 1.28. The summed E-state index contributed by atoms with van der Waals surface area (Å²) in [5.74, 6) is -0.511. The molecule has 0 fully saturated rings. The van der Waals surface area contributed by atoms with Crippen LogP contribution in [0.1, 0.15) is 26.3 Å². The lowest BCUT2D eigenvalue weighted by molar-refractivity contribution is -0.143. The highest BCUT2D eigenvalue weighted by molar-refractivity contribution is 5.85. The molecule has 0 aliphatic carbocycles. The average molecular weight is 318 g/mol. The van der Waals surface area contributed by atoms with Gasteiger partial charge in [-0.3, -0.25) is 0 Å². The standard InChI is InChI=1S/C17H22N2O4/c1-17(2,3)23-16(21)19-14(15(20)22-4)10-11-6-5-7-13-12(11)8-9-18-13/h5-9,14,18H,10H2,1-4H3,(H,19,21)/t14-/m0/s1. The van der Waals surface area contributed by atoms with Gasteiger partial charge in [0.25, 0.3) is 0 Å². The minimum absolute atomic E-state index is 0.321. The summed E-state index contributed by atoms with van der Waals surface area (Å²) in [6.07, 6.45) is 1.51. The molecule has 1 amide bonds. The highest BCUT2D eigenvalue weighted by Gasteiger charge is 2.25. The Morgan fingerprint density at radius 1 is 1.26 bits per heavy atom. The molecule has 23 heavy (non-hydrogen) atoms. The van der Waals surface area contributed by atoms with Crippen molar-refractivity contribution in [1.82, 2.24) is 10.3 Å². The number of ether oxygens (including phenoxy) is 2. The van der Waals surface area contributed by atoms with Crippen LogP contribution in [0.5, 0.6) is 0 Å². The third kappa shape index (κ3) is 4.48. The maximum atomic E-state index is 12.0. The third-order valence-corrected chi connectivity index (χ3v) is 3.29. The van der Waals surface area contributed by atoms with Gasteiger partial charge in [-0.05, 0) is 38.5 Å². The van der Waals surface area contributed by atoms with Crippen LogP contribution in [0.15, 0.2) is 30.5 Å². The van der Waals surface area contributed by atoms with Crippen LogP contribution in [0.25, 0.3) is 10.9 Å². The Kier molecular flexibility index (Phi) is 4.93. The number of H-pyrrole nitrogens is 1. The zero-order chi connectivity index (χ0) is 17.0. The molecule has 0 saturated carbocycles. The highest BCUT2D eigenvalue weighted by Crippen LogP contribution is 2.19. The number of aromatic nitrogens is 1. The molecule has 0 aliphatic heterocycles. The summed E-state index contributed by atoms with van der Waals surface area (Å²) in [7, 11) is 1.29. The van der Waals surface area contributed by atoms with Gasteiger partial charge >= 0.3 is 12.1 Å². The van der Waals surface area contributed by atoms with E-state index in [1.165, 1.54) is 7.11 Å². The second kappa shape index (κ2) is 6.73. The number of hydrogen-bond donors (Lipinski definition) is 2. The molecule has 2 rings (SSSR count). The summed E-state index contributed by atoms with van der Waals surface area (Å²) in [6.45, 7) is 5.29. The molecule has 0 saturated heterocycles. The SMILES string of the molecule is COC(=O)[C@H](Cc1cccc2[nH]ccc12)NC(=O)OC(C)(C)C. The van der Waals surface area contributed by atoms with Crippen LogP contribution >= 0.6 is 0 Å². The van der Waals surface area contributed by atoms with Crippen LogP contribution in [0, 0.1) is 0 Å². The van der Waals surface area contributed by atoms with E-state index in [9.17, 15) is 9.59 Å². The van der Waals surface area contributed by atoms with Gasteiger partial charge in [-0.1, -0.05) is 12.1 Å². The number of hydrogen-bond acceptors (Lipinski definition) is 4. The van der Waals surface area contributed by atoms with E-state index in [1.54, 1.807) is 20.8 Å². The van der Waals surface area contributed by atoms with Crippen molar-refractivity contribution in [2.45, 2.75) is 38.8 Å². The molecule has 1 aromatic heterocycles. The normalized spacial score (nSPS) is 12.7. The monoisotopic (exact) mass is 318 g/mol. The minimum atomic E-state index is -0.810. The van der Waals surface area contributed by atoms with E-state index in [0.29, 0.717) is 6.42 Å². The number of esters is 1. The topological polar surface area (TPSA) is 80.4 Å². The van der Waals surface area contributed by atoms with Crippen molar-refractivity contribution < 1.29 is 19.1 Å². The van der Waals surface area contributed by atoms with Crippen molar-refractivity contribution in [2.24, 2.45) is 0 Å². The van der Waals surface area contributed by atoms with Crippen molar-refractivity contribution in [3.63, 3.8) is 0 Å². The Bertz CT molecular complexity index is 700. The summed E-state index contributed by atoms with van der Waals surface area (Å²) in [6, 6.07) is 6.90. The van der Waals surface area contributed by atoms with Crippen molar-refractivity contribution in [3.05, 3.63) is 36.0 Å². The fourth-order valence-corrected chi connectivity index (χ4v) is 2.33. The lowest BCUT2D eigenvalue weighted by Gasteiger charge is -2.22. The maximum absolute atomic E-state index is 12.0. The molecular weight excluding hydrogens is 296 g/mol. The molecule has 0 bridgehead atoms. The molecule has 6 nitrogen and oxygen atoms in total. The van der Waals surface area contributed by atoms with E-state index in [4.69, 9.17) is 9.47 Å². The number of nitrogens with one attached hydrogen (secondary N) is 2. The fraction of sp³-hybridized carbons (Fsp3) is 0.412. The minimum Gasteiger partial charge on any atom is -0.467 e. The average Bonchev–Trinajstić information content (AvgIpc) is 2.93. The number of benzene rings is 1. The number of alkyl carbamates (subject to hydrolysis) is 1. The summed E-state index contributed by atoms with van der Waals surface area (Å²) in [4.78, 5) is 27.1. The number of amides is 1. The lowest BCUT2D eigenvalue weighted by atomic mass is 10.0. The first-order chi connectivity index (χ1) is 10.8. The van der Waals surface area contributed by atoms with E-state index in [-0.39, 0.29) is 0 Å². The molecule has 1 atom stereocenters. The lowest BCUT2D eigenvalue weighted by Crippen LogP contribution is -2.45. The van der Waals surface area contributed by atoms with Gasteiger partial charge in [0.1, 0.15) is 11.6 Å². The van der Waals surface area contributed by atoms with Gasteiger partial charge < -0.3 is 19.8 Å². The van der Waals surface area contributed by atoms with E-state index in [0.717, 1.165) is 16.5 Å². The predicted octanol–water partition coefficient (Wildman–Crippen LogP) is 2.78. The van der Waals surface area contributed by atoms with E-state index in [2.05, 4.69) is 10.3 Å². The molecule has 6 heteroatoms. The number of methoxy groups -OCH3 is 1. The summed E-state index contributed by atoms with van der Waals surface area (Å²) in [5, 5.41) is 3.59. The molecule has 1 aromatic carbocycles. The largest absolute Gasteiger partial charge is 0.467 e. The Labute approximate surface area is 135 Å². The van der Waals surface area contributed by atoms with Gasteiger partial charge in [-0.2, -0.15) is 0 Å². The molecule has 0 spiro atoms. The van der Waals surface area contributed by atoms with Crippen LogP contribution in [0.2, 0.25) is 0 Å². The highest BCUT2D eigenvalue weighted by atomic mass is 16.6. The number of carbonyl (C=O) groups excluding carboxylic acids is 2. The number of fused-ring (bicyclic) bond motifs is 1. The molecular formula is C17H22N2O4. The Morgan fingerprint density at radius 2 is 2.00 bits per heavy atom. The van der Waals surface area contributed by atoms with Gasteiger partial charge in [0.05, 0.1) is 7.11 Å². The van der Waals surface area contributed by atoms with E-state index in [1.807, 2.05) is 30.5 Å². The molecule has 2 N–H and O–H groups in total. The first-order valence-electron chi connectivity index (χ1n) is 7.42. The predicted molar refractivity (Wildman–Crippen MR) is 87.2 cm³/mol. The summed E-state index contributed by atoms with van der Waals surface area (Å²) >= 11 is 0. The molecule has 0 unspecified atom stereocenters. The third-order valence-electron chi connectivity index (χ3n) is 3.29. The second-order valence-electron chi connectivity index (χ2n) is 6.28. The van der Waals surface area contributed by atoms with Crippen molar-refractivity contribution in [3.8, 4) is 0 Å². The van der Waals surface area contributed by atoms with Crippen LogP contribution in [-0.2, 0) is 20.7 Å². The van der Waals surface area contributed by atoms with Crippen molar-refractivity contribution in [2.75, 3.05) is 7.11 Å². The smallest absolute Gasteiger partial charge is 0.408 e. The molecule has 2 aromatic rings. The number of rotatable bonds is 4. The first-order valence-corrected chi connectivity index (χ1v) is 7.42. The zero-order valence-corrected chi connectivity index (χ0v) is 13.8. The van der Waals surface area contributed by atoms with Gasteiger partial charge in [-0.25, -0.2) is 9.59 Å². The molecule has 0 radical (unpaired) electrons. The van der Waals surface area contributed by atoms with Crippen molar-refractivity contribution in [1.29, 1.82) is 0 Å². The van der Waals surface area contributed by atoms with Gasteiger partial charge in [0.2, 0.25) is 0 Å². The Morgan fingerprint density at radius 3 is 2.65 bits per heavy atom.